The number of rotatable bonds is 43. The fourth-order valence-corrected chi connectivity index (χ4v) is 8.25. The van der Waals surface area contributed by atoms with Crippen LogP contribution < -0.4 is 0 Å². The van der Waals surface area contributed by atoms with Gasteiger partial charge in [0.05, 0.1) is 26.4 Å². The molecule has 0 aromatic carbocycles. The molecule has 0 aromatic heterocycles. The molecule has 0 bridgehead atoms. The highest BCUT2D eigenvalue weighted by atomic mass is 16.7. The molecule has 11 atom stereocenters. The van der Waals surface area contributed by atoms with Gasteiger partial charge in [-0.05, 0) is 83.5 Å². The van der Waals surface area contributed by atoms with Crippen molar-refractivity contribution >= 4 is 5.97 Å². The lowest BCUT2D eigenvalue weighted by Gasteiger charge is -2.42. The minimum Gasteiger partial charge on any atom is -0.457 e. The monoisotopic (exact) mass is 1010 g/mol. The summed E-state index contributed by atoms with van der Waals surface area (Å²) >= 11 is 0. The molecule has 2 saturated heterocycles. The zero-order chi connectivity index (χ0) is 51.6. The summed E-state index contributed by atoms with van der Waals surface area (Å²) in [6, 6.07) is 0. The summed E-state index contributed by atoms with van der Waals surface area (Å²) in [5.41, 5.74) is 0. The van der Waals surface area contributed by atoms with E-state index in [0.29, 0.717) is 13.0 Å². The average Bonchev–Trinajstić information content (AvgIpc) is 3.37. The first-order valence-corrected chi connectivity index (χ1v) is 27.5. The van der Waals surface area contributed by atoms with Crippen LogP contribution in [0.2, 0.25) is 0 Å². The Balaban J connectivity index is 1.75. The van der Waals surface area contributed by atoms with Crippen molar-refractivity contribution in [2.45, 2.75) is 248 Å². The van der Waals surface area contributed by atoms with Gasteiger partial charge in [-0.25, -0.2) is 0 Å². The second kappa shape index (κ2) is 43.8. The summed E-state index contributed by atoms with van der Waals surface area (Å²) in [5.74, 6) is -0.402. The Kier molecular flexibility index (Phi) is 39.8. The molecule has 2 fully saturated rings. The Hall–Kier alpha value is -2.57. The van der Waals surface area contributed by atoms with E-state index < -0.39 is 86.7 Å². The van der Waals surface area contributed by atoms with Crippen LogP contribution in [0.1, 0.15) is 181 Å². The predicted molar refractivity (Wildman–Crippen MR) is 279 cm³/mol. The Bertz CT molecular complexity index is 1450. The van der Waals surface area contributed by atoms with Crippen LogP contribution in [-0.4, -0.2) is 142 Å². The third kappa shape index (κ3) is 31.0. The van der Waals surface area contributed by atoms with E-state index in [9.17, 15) is 40.5 Å². The van der Waals surface area contributed by atoms with E-state index in [2.05, 4.69) is 86.8 Å². The number of hydrogen-bond acceptors (Lipinski definition) is 14. The zero-order valence-corrected chi connectivity index (χ0v) is 43.7. The molecule has 0 radical (unpaired) electrons. The topological polar surface area (TPSA) is 214 Å². The molecule has 2 aliphatic heterocycles. The molecular formula is C57H98O14. The Morgan fingerprint density at radius 1 is 0.479 bits per heavy atom. The molecule has 7 N–H and O–H groups in total. The first-order valence-electron chi connectivity index (χ1n) is 27.5. The van der Waals surface area contributed by atoms with Gasteiger partial charge in [0.25, 0.3) is 0 Å². The number of unbranched alkanes of at least 4 members (excludes halogenated alkanes) is 17. The second-order valence-electron chi connectivity index (χ2n) is 19.0. The number of aliphatic hydroxyl groups is 7. The Labute approximate surface area is 427 Å². The van der Waals surface area contributed by atoms with Crippen molar-refractivity contribution in [3.63, 3.8) is 0 Å². The molecule has 14 nitrogen and oxygen atoms in total. The summed E-state index contributed by atoms with van der Waals surface area (Å²) in [5, 5.41) is 72.2. The van der Waals surface area contributed by atoms with Gasteiger partial charge in [-0.2, -0.15) is 0 Å². The molecule has 0 aromatic rings. The van der Waals surface area contributed by atoms with E-state index >= 15 is 0 Å². The van der Waals surface area contributed by atoms with Crippen molar-refractivity contribution in [3.05, 3.63) is 72.9 Å². The molecule has 0 saturated carbocycles. The van der Waals surface area contributed by atoms with Crippen molar-refractivity contribution in [1.29, 1.82) is 0 Å². The van der Waals surface area contributed by atoms with Crippen LogP contribution in [0.3, 0.4) is 0 Å². The standard InChI is InChI=1S/C57H98O14/c1-3-5-7-9-11-13-15-17-19-21-22-23-25-27-29-31-33-35-37-39-41-66-43-46(69-49(59)40-38-36-34-32-30-28-26-24-20-18-16-14-12-10-8-6-4-2)44-67-56-55(65)53(63)51(61)48(71-56)45-68-57-54(64)52(62)50(60)47(42-58)70-57/h6,8,11-14,17-20,26,28,46-48,50-58,60-65H,3-5,7,9-10,15-16,21-25,27,29-45H2,1-2H3/b8-6-,13-11-,14-12-,19-17-,20-18-,28-26-. The van der Waals surface area contributed by atoms with Crippen LogP contribution in [-0.2, 0) is 33.2 Å². The summed E-state index contributed by atoms with van der Waals surface area (Å²) < 4.78 is 34.3. The minimum atomic E-state index is -1.72. The molecule has 2 heterocycles. The maximum atomic E-state index is 13.0. The van der Waals surface area contributed by atoms with Crippen LogP contribution >= 0.6 is 0 Å². The fraction of sp³-hybridized carbons (Fsp3) is 0.772. The number of allylic oxidation sites excluding steroid dienone is 12. The van der Waals surface area contributed by atoms with Gasteiger partial charge in [-0.15, -0.1) is 0 Å². The second-order valence-corrected chi connectivity index (χ2v) is 19.0. The van der Waals surface area contributed by atoms with Gasteiger partial charge in [0, 0.05) is 13.0 Å². The van der Waals surface area contributed by atoms with Crippen LogP contribution in [0, 0.1) is 0 Å². The van der Waals surface area contributed by atoms with Gasteiger partial charge in [0.2, 0.25) is 0 Å². The van der Waals surface area contributed by atoms with Gasteiger partial charge in [-0.3, -0.25) is 4.79 Å². The highest BCUT2D eigenvalue weighted by Gasteiger charge is 2.47. The van der Waals surface area contributed by atoms with Crippen molar-refractivity contribution in [2.75, 3.05) is 33.0 Å². The van der Waals surface area contributed by atoms with E-state index in [1.807, 2.05) is 0 Å². The molecule has 2 rings (SSSR count). The van der Waals surface area contributed by atoms with Crippen molar-refractivity contribution in [1.82, 2.24) is 0 Å². The molecule has 71 heavy (non-hydrogen) atoms. The normalized spacial score (nSPS) is 25.9. The number of carbonyl (C=O) groups is 1. The summed E-state index contributed by atoms with van der Waals surface area (Å²) in [4.78, 5) is 13.0. The van der Waals surface area contributed by atoms with E-state index in [-0.39, 0.29) is 19.6 Å². The minimum absolute atomic E-state index is 0.0458. The maximum absolute atomic E-state index is 13.0. The number of carbonyl (C=O) groups excluding carboxylic acids is 1. The number of esters is 1. The van der Waals surface area contributed by atoms with Crippen LogP contribution in [0.5, 0.6) is 0 Å². The van der Waals surface area contributed by atoms with E-state index in [1.54, 1.807) is 0 Å². The Morgan fingerprint density at radius 2 is 0.915 bits per heavy atom. The van der Waals surface area contributed by atoms with Gasteiger partial charge < -0.3 is 64.2 Å². The van der Waals surface area contributed by atoms with Crippen molar-refractivity contribution in [2.24, 2.45) is 0 Å². The lowest BCUT2D eigenvalue weighted by atomic mass is 9.98. The van der Waals surface area contributed by atoms with E-state index in [1.165, 1.54) is 77.0 Å². The number of ether oxygens (including phenoxy) is 6. The first kappa shape index (κ1) is 64.5. The van der Waals surface area contributed by atoms with Crippen molar-refractivity contribution < 1.29 is 69.0 Å². The molecule has 2 aliphatic rings. The SMILES string of the molecule is CC/C=C\C/C=C\C/C=C\C/C=C\CCCCCCC(=O)OC(COCCCCCCCCCCCC/C=C\C/C=C\CCCCC)COC1OC(COC2OC(CO)C(O)C(O)C2O)C(O)C(O)C1O. The average molecular weight is 1010 g/mol. The van der Waals surface area contributed by atoms with Crippen LogP contribution in [0.15, 0.2) is 72.9 Å². The molecular weight excluding hydrogens is 909 g/mol. The van der Waals surface area contributed by atoms with Crippen molar-refractivity contribution in [3.8, 4) is 0 Å². The molecule has 410 valence electrons. The van der Waals surface area contributed by atoms with Gasteiger partial charge in [0.15, 0.2) is 12.6 Å². The van der Waals surface area contributed by atoms with Gasteiger partial charge >= 0.3 is 5.97 Å². The molecule has 0 spiro atoms. The van der Waals surface area contributed by atoms with Crippen LogP contribution in [0.4, 0.5) is 0 Å². The lowest BCUT2D eigenvalue weighted by Crippen LogP contribution is -2.61. The highest BCUT2D eigenvalue weighted by Crippen LogP contribution is 2.26. The Morgan fingerprint density at radius 3 is 1.44 bits per heavy atom. The summed E-state index contributed by atoms with van der Waals surface area (Å²) in [6.45, 7) is 3.50. The fourth-order valence-electron chi connectivity index (χ4n) is 8.25. The third-order valence-corrected chi connectivity index (χ3v) is 12.7. The zero-order valence-electron chi connectivity index (χ0n) is 43.7. The predicted octanol–water partition coefficient (Wildman–Crippen LogP) is 9.08. The summed E-state index contributed by atoms with van der Waals surface area (Å²) in [6.07, 6.45) is 38.1. The summed E-state index contributed by atoms with van der Waals surface area (Å²) in [7, 11) is 0. The number of aliphatic hydroxyl groups excluding tert-OH is 7. The van der Waals surface area contributed by atoms with E-state index in [0.717, 1.165) is 77.0 Å². The molecule has 0 aliphatic carbocycles. The largest absolute Gasteiger partial charge is 0.457 e. The smallest absolute Gasteiger partial charge is 0.306 e. The highest BCUT2D eigenvalue weighted by molar-refractivity contribution is 5.69. The molecule has 11 unspecified atom stereocenters. The van der Waals surface area contributed by atoms with E-state index in [4.69, 9.17) is 28.4 Å². The third-order valence-electron chi connectivity index (χ3n) is 12.7. The van der Waals surface area contributed by atoms with Gasteiger partial charge in [0.1, 0.15) is 54.9 Å². The van der Waals surface area contributed by atoms with Gasteiger partial charge in [-0.1, -0.05) is 164 Å². The lowest BCUT2D eigenvalue weighted by molar-refractivity contribution is -0.332. The quantitative estimate of drug-likeness (QED) is 0.0173. The number of hydrogen-bond donors (Lipinski definition) is 7. The van der Waals surface area contributed by atoms with Crippen LogP contribution in [0.25, 0.3) is 0 Å². The molecule has 0 amide bonds. The first-order chi connectivity index (χ1) is 34.6. The maximum Gasteiger partial charge on any atom is 0.306 e. The molecule has 14 heteroatoms.